The van der Waals surface area contributed by atoms with Gasteiger partial charge in [-0.15, -0.1) is 10.2 Å². The van der Waals surface area contributed by atoms with E-state index in [1.165, 1.54) is 5.56 Å². The number of amides is 1. The largest absolute Gasteiger partial charge is 0.378 e. The van der Waals surface area contributed by atoms with Gasteiger partial charge in [-0.25, -0.2) is 0 Å². The lowest BCUT2D eigenvalue weighted by Gasteiger charge is -2.26. The summed E-state index contributed by atoms with van der Waals surface area (Å²) in [6, 6.07) is 9.73. The number of anilines is 2. The Kier molecular flexibility index (Phi) is 5.05. The Morgan fingerprint density at radius 3 is 2.67 bits per heavy atom. The van der Waals surface area contributed by atoms with Crippen molar-refractivity contribution in [2.45, 2.75) is 20.3 Å². The van der Waals surface area contributed by atoms with Crippen molar-refractivity contribution >= 4 is 17.4 Å². The minimum Gasteiger partial charge on any atom is -0.378 e. The van der Waals surface area contributed by atoms with E-state index in [0.717, 1.165) is 17.7 Å². The normalized spacial score (nSPS) is 14.5. The van der Waals surface area contributed by atoms with Gasteiger partial charge in [0, 0.05) is 18.8 Å². The van der Waals surface area contributed by atoms with Gasteiger partial charge in [0.15, 0.2) is 11.5 Å². The SMILES string of the molecule is CCc1cccc(C)c1Nc1ccc(C(=O)N2CCOCC2)nn1. The smallest absolute Gasteiger partial charge is 0.274 e. The summed E-state index contributed by atoms with van der Waals surface area (Å²) in [6.45, 7) is 6.53. The summed E-state index contributed by atoms with van der Waals surface area (Å²) in [6.07, 6.45) is 0.936. The molecule has 1 aliphatic rings. The van der Waals surface area contributed by atoms with Gasteiger partial charge in [0.2, 0.25) is 0 Å². The summed E-state index contributed by atoms with van der Waals surface area (Å²) in [7, 11) is 0. The van der Waals surface area contributed by atoms with Crippen molar-refractivity contribution in [2.75, 3.05) is 31.6 Å². The number of ether oxygens (including phenoxy) is 1. The molecule has 0 saturated carbocycles. The Labute approximate surface area is 141 Å². The summed E-state index contributed by atoms with van der Waals surface area (Å²) >= 11 is 0. The quantitative estimate of drug-likeness (QED) is 0.935. The zero-order valence-electron chi connectivity index (χ0n) is 14.1. The highest BCUT2D eigenvalue weighted by molar-refractivity contribution is 5.92. The molecule has 1 aromatic heterocycles. The van der Waals surface area contributed by atoms with E-state index in [9.17, 15) is 4.79 Å². The van der Waals surface area contributed by atoms with E-state index >= 15 is 0 Å². The molecule has 1 amide bonds. The fourth-order valence-corrected chi connectivity index (χ4v) is 2.77. The second-order valence-electron chi connectivity index (χ2n) is 5.80. The highest BCUT2D eigenvalue weighted by Gasteiger charge is 2.20. The van der Waals surface area contributed by atoms with Gasteiger partial charge in [-0.05, 0) is 36.6 Å². The molecule has 2 heterocycles. The molecule has 0 bridgehead atoms. The van der Waals surface area contributed by atoms with Crippen LogP contribution in [0, 0.1) is 6.92 Å². The number of aromatic nitrogens is 2. The summed E-state index contributed by atoms with van der Waals surface area (Å²) in [5, 5.41) is 11.6. The molecule has 3 rings (SSSR count). The monoisotopic (exact) mass is 326 g/mol. The van der Waals surface area contributed by atoms with Crippen LogP contribution in [0.5, 0.6) is 0 Å². The zero-order chi connectivity index (χ0) is 16.9. The van der Waals surface area contributed by atoms with Gasteiger partial charge < -0.3 is 15.0 Å². The fraction of sp³-hybridized carbons (Fsp3) is 0.389. The van der Waals surface area contributed by atoms with E-state index < -0.39 is 0 Å². The first-order chi connectivity index (χ1) is 11.7. The Balaban J connectivity index is 1.74. The number of benzene rings is 1. The van der Waals surface area contributed by atoms with Crippen LogP contribution in [0.4, 0.5) is 11.5 Å². The molecule has 24 heavy (non-hydrogen) atoms. The van der Waals surface area contributed by atoms with Crippen LogP contribution in [0.3, 0.4) is 0 Å². The summed E-state index contributed by atoms with van der Waals surface area (Å²) in [5.41, 5.74) is 3.80. The molecule has 1 aliphatic heterocycles. The van der Waals surface area contributed by atoms with Gasteiger partial charge in [-0.3, -0.25) is 4.79 Å². The minimum absolute atomic E-state index is 0.0949. The molecule has 2 aromatic rings. The Hall–Kier alpha value is -2.47. The van der Waals surface area contributed by atoms with E-state index in [2.05, 4.69) is 47.6 Å². The van der Waals surface area contributed by atoms with Gasteiger partial charge in [0.25, 0.3) is 5.91 Å². The minimum atomic E-state index is -0.0949. The second-order valence-corrected chi connectivity index (χ2v) is 5.80. The van der Waals surface area contributed by atoms with E-state index in [1.807, 2.05) is 0 Å². The Morgan fingerprint density at radius 1 is 1.21 bits per heavy atom. The van der Waals surface area contributed by atoms with Crippen molar-refractivity contribution < 1.29 is 9.53 Å². The number of rotatable bonds is 4. The van der Waals surface area contributed by atoms with E-state index in [1.54, 1.807) is 17.0 Å². The van der Waals surface area contributed by atoms with E-state index in [-0.39, 0.29) is 5.91 Å². The van der Waals surface area contributed by atoms with Gasteiger partial charge in [0.1, 0.15) is 0 Å². The van der Waals surface area contributed by atoms with Gasteiger partial charge in [-0.1, -0.05) is 25.1 Å². The third-order valence-corrected chi connectivity index (χ3v) is 4.18. The number of aryl methyl sites for hydroxylation is 2. The lowest BCUT2D eigenvalue weighted by atomic mass is 10.1. The molecule has 1 aromatic carbocycles. The van der Waals surface area contributed by atoms with E-state index in [4.69, 9.17) is 4.74 Å². The fourth-order valence-electron chi connectivity index (χ4n) is 2.77. The van der Waals surface area contributed by atoms with Crippen molar-refractivity contribution in [2.24, 2.45) is 0 Å². The molecule has 1 N–H and O–H groups in total. The molecule has 126 valence electrons. The summed E-state index contributed by atoms with van der Waals surface area (Å²) < 4.78 is 5.26. The Morgan fingerprint density at radius 2 is 2.00 bits per heavy atom. The molecule has 0 radical (unpaired) electrons. The molecule has 0 unspecified atom stereocenters. The standard InChI is InChI=1S/C18H22N4O2/c1-3-14-6-4-5-13(2)17(14)19-16-8-7-15(20-21-16)18(23)22-9-11-24-12-10-22/h4-8H,3,9-12H2,1-2H3,(H,19,21). The first-order valence-electron chi connectivity index (χ1n) is 8.25. The van der Waals surface area contributed by atoms with Crippen LogP contribution in [0.1, 0.15) is 28.5 Å². The topological polar surface area (TPSA) is 67.4 Å². The van der Waals surface area contributed by atoms with Crippen LogP contribution in [0.15, 0.2) is 30.3 Å². The highest BCUT2D eigenvalue weighted by atomic mass is 16.5. The molecule has 0 spiro atoms. The number of carbonyl (C=O) groups excluding carboxylic acids is 1. The van der Waals surface area contributed by atoms with Crippen LogP contribution in [-0.2, 0) is 11.2 Å². The third kappa shape index (κ3) is 3.54. The predicted octanol–water partition coefficient (Wildman–Crippen LogP) is 2.56. The van der Waals surface area contributed by atoms with Crippen molar-refractivity contribution in [3.8, 4) is 0 Å². The maximum Gasteiger partial charge on any atom is 0.274 e. The van der Waals surface area contributed by atoms with Gasteiger partial charge in [-0.2, -0.15) is 0 Å². The number of hydrogen-bond donors (Lipinski definition) is 1. The second kappa shape index (κ2) is 7.40. The lowest BCUT2D eigenvalue weighted by Crippen LogP contribution is -2.41. The van der Waals surface area contributed by atoms with Crippen molar-refractivity contribution in [1.29, 1.82) is 0 Å². The molecule has 6 heteroatoms. The first kappa shape index (κ1) is 16.4. The number of carbonyl (C=O) groups is 1. The number of para-hydroxylation sites is 1. The van der Waals surface area contributed by atoms with Crippen LogP contribution in [-0.4, -0.2) is 47.3 Å². The maximum atomic E-state index is 12.4. The Bertz CT molecular complexity index is 709. The van der Waals surface area contributed by atoms with Crippen LogP contribution < -0.4 is 5.32 Å². The summed E-state index contributed by atoms with van der Waals surface area (Å²) in [4.78, 5) is 14.1. The van der Waals surface area contributed by atoms with Crippen molar-refractivity contribution in [3.05, 3.63) is 47.2 Å². The average Bonchev–Trinajstić information content (AvgIpc) is 2.64. The van der Waals surface area contributed by atoms with Crippen LogP contribution in [0.2, 0.25) is 0 Å². The third-order valence-electron chi connectivity index (χ3n) is 4.18. The molecular weight excluding hydrogens is 304 g/mol. The molecule has 0 atom stereocenters. The van der Waals surface area contributed by atoms with Crippen LogP contribution >= 0.6 is 0 Å². The molecule has 1 fully saturated rings. The van der Waals surface area contributed by atoms with Gasteiger partial charge >= 0.3 is 0 Å². The summed E-state index contributed by atoms with van der Waals surface area (Å²) in [5.74, 6) is 0.542. The van der Waals surface area contributed by atoms with Crippen molar-refractivity contribution in [1.82, 2.24) is 15.1 Å². The van der Waals surface area contributed by atoms with Crippen molar-refractivity contribution in [3.63, 3.8) is 0 Å². The number of nitrogens with zero attached hydrogens (tertiary/aromatic N) is 3. The maximum absolute atomic E-state index is 12.4. The van der Waals surface area contributed by atoms with Gasteiger partial charge in [0.05, 0.1) is 13.2 Å². The highest BCUT2D eigenvalue weighted by Crippen LogP contribution is 2.24. The molecular formula is C18H22N4O2. The van der Waals surface area contributed by atoms with Crippen LogP contribution in [0.25, 0.3) is 0 Å². The molecule has 1 saturated heterocycles. The van der Waals surface area contributed by atoms with E-state index in [0.29, 0.717) is 37.8 Å². The first-order valence-corrected chi connectivity index (χ1v) is 8.25. The number of nitrogens with one attached hydrogen (secondary N) is 1. The number of morpholine rings is 1. The predicted molar refractivity (Wildman–Crippen MR) is 92.6 cm³/mol. The molecule has 0 aliphatic carbocycles. The zero-order valence-corrected chi connectivity index (χ0v) is 14.1. The molecule has 6 nitrogen and oxygen atoms in total. The lowest BCUT2D eigenvalue weighted by molar-refractivity contribution is 0.0298. The average molecular weight is 326 g/mol. The number of hydrogen-bond acceptors (Lipinski definition) is 5.